The smallest absolute Gasteiger partial charge is 0.263 e. The van der Waals surface area contributed by atoms with Crippen molar-refractivity contribution in [2.45, 2.75) is 18.9 Å². The van der Waals surface area contributed by atoms with Crippen molar-refractivity contribution in [3.05, 3.63) is 23.1 Å². The summed E-state index contributed by atoms with van der Waals surface area (Å²) in [5, 5.41) is 4.56. The van der Waals surface area contributed by atoms with Crippen molar-refractivity contribution in [3.63, 3.8) is 0 Å². The lowest BCUT2D eigenvalue weighted by molar-refractivity contribution is 0.0862. The van der Waals surface area contributed by atoms with E-state index in [0.29, 0.717) is 28.6 Å². The Morgan fingerprint density at radius 2 is 2.11 bits per heavy atom. The number of carbonyl (C=O) groups excluding carboxylic acids is 1. The van der Waals surface area contributed by atoms with Crippen molar-refractivity contribution in [3.8, 4) is 11.5 Å². The van der Waals surface area contributed by atoms with Crippen molar-refractivity contribution in [2.24, 2.45) is 0 Å². The molecule has 1 aliphatic heterocycles. The van der Waals surface area contributed by atoms with E-state index < -0.39 is 0 Å². The van der Waals surface area contributed by atoms with Crippen molar-refractivity contribution >= 4 is 44.1 Å². The molecule has 8 heteroatoms. The number of nitrogen functional groups attached to an aromatic ring is 1. The summed E-state index contributed by atoms with van der Waals surface area (Å²) < 4.78 is 16.2. The summed E-state index contributed by atoms with van der Waals surface area (Å²) in [7, 11) is 3.17. The fraction of sp³-hybridized carbons (Fsp3) is 0.368. The highest BCUT2D eigenvalue weighted by Crippen LogP contribution is 2.37. The second kappa shape index (κ2) is 7.21. The Morgan fingerprint density at radius 1 is 1.33 bits per heavy atom. The van der Waals surface area contributed by atoms with Crippen LogP contribution in [-0.4, -0.2) is 44.4 Å². The van der Waals surface area contributed by atoms with Crippen LogP contribution in [0.25, 0.3) is 21.1 Å². The molecule has 3 aromatic rings. The van der Waals surface area contributed by atoms with Gasteiger partial charge in [0.05, 0.1) is 31.5 Å². The van der Waals surface area contributed by atoms with Gasteiger partial charge in [-0.25, -0.2) is 4.98 Å². The highest BCUT2D eigenvalue weighted by molar-refractivity contribution is 7.21. The van der Waals surface area contributed by atoms with E-state index in [9.17, 15) is 4.79 Å². The summed E-state index contributed by atoms with van der Waals surface area (Å²) in [6, 6.07) is 5.61. The van der Waals surface area contributed by atoms with E-state index in [0.717, 1.165) is 40.6 Å². The van der Waals surface area contributed by atoms with Crippen molar-refractivity contribution in [1.82, 2.24) is 10.3 Å². The maximum absolute atomic E-state index is 12.6. The summed E-state index contributed by atoms with van der Waals surface area (Å²) in [5.41, 5.74) is 7.47. The van der Waals surface area contributed by atoms with Crippen LogP contribution >= 0.6 is 11.3 Å². The molecule has 1 aliphatic rings. The van der Waals surface area contributed by atoms with Gasteiger partial charge < -0.3 is 25.3 Å². The summed E-state index contributed by atoms with van der Waals surface area (Å²) in [4.78, 5) is 18.4. The van der Waals surface area contributed by atoms with Crippen LogP contribution in [0.1, 0.15) is 22.5 Å². The largest absolute Gasteiger partial charge is 0.493 e. The molecule has 1 fully saturated rings. The normalized spacial score (nSPS) is 16.7. The molecular weight excluding hydrogens is 366 g/mol. The van der Waals surface area contributed by atoms with Crippen LogP contribution in [0.3, 0.4) is 0 Å². The molecule has 0 bridgehead atoms. The molecule has 1 atom stereocenters. The van der Waals surface area contributed by atoms with Crippen LogP contribution < -0.4 is 20.5 Å². The molecule has 3 N–H and O–H groups in total. The molecule has 0 saturated carbocycles. The topological polar surface area (TPSA) is 95.7 Å². The molecule has 1 saturated heterocycles. The van der Waals surface area contributed by atoms with E-state index in [-0.39, 0.29) is 12.0 Å². The van der Waals surface area contributed by atoms with Gasteiger partial charge in [0, 0.05) is 30.0 Å². The van der Waals surface area contributed by atoms with Crippen LogP contribution in [0.4, 0.5) is 5.69 Å². The van der Waals surface area contributed by atoms with Crippen LogP contribution in [0.2, 0.25) is 0 Å². The maximum Gasteiger partial charge on any atom is 0.263 e. The summed E-state index contributed by atoms with van der Waals surface area (Å²) in [6.07, 6.45) is 2.10. The van der Waals surface area contributed by atoms with E-state index in [1.807, 2.05) is 18.2 Å². The number of pyridine rings is 1. The number of nitrogens with zero attached hydrogens (tertiary/aromatic N) is 1. The van der Waals surface area contributed by atoms with Gasteiger partial charge in [0.2, 0.25) is 0 Å². The number of amides is 1. The molecule has 2 aromatic heterocycles. The van der Waals surface area contributed by atoms with E-state index in [1.165, 1.54) is 11.3 Å². The number of hydrogen-bond acceptors (Lipinski definition) is 7. The van der Waals surface area contributed by atoms with Crippen LogP contribution in [0, 0.1) is 0 Å². The van der Waals surface area contributed by atoms with E-state index in [1.54, 1.807) is 14.2 Å². The van der Waals surface area contributed by atoms with Gasteiger partial charge >= 0.3 is 0 Å². The number of carbonyl (C=O) groups is 1. The molecule has 1 amide bonds. The van der Waals surface area contributed by atoms with Crippen LogP contribution in [0.5, 0.6) is 11.5 Å². The van der Waals surface area contributed by atoms with Gasteiger partial charge in [-0.2, -0.15) is 0 Å². The monoisotopic (exact) mass is 387 g/mol. The first-order chi connectivity index (χ1) is 13.1. The quantitative estimate of drug-likeness (QED) is 0.699. The Labute approximate surface area is 160 Å². The third-order valence-electron chi connectivity index (χ3n) is 4.74. The fourth-order valence-electron chi connectivity index (χ4n) is 3.29. The van der Waals surface area contributed by atoms with Crippen LogP contribution in [0.15, 0.2) is 18.2 Å². The minimum atomic E-state index is -0.190. The number of thiophene rings is 1. The van der Waals surface area contributed by atoms with Gasteiger partial charge in [-0.3, -0.25) is 4.79 Å². The van der Waals surface area contributed by atoms with Gasteiger partial charge in [0.1, 0.15) is 9.71 Å². The van der Waals surface area contributed by atoms with Gasteiger partial charge in [0.15, 0.2) is 11.5 Å². The number of aromatic nitrogens is 1. The number of nitrogens with one attached hydrogen (secondary N) is 1. The highest BCUT2D eigenvalue weighted by atomic mass is 32.1. The third-order valence-corrected chi connectivity index (χ3v) is 5.85. The third kappa shape index (κ3) is 3.26. The second-order valence-electron chi connectivity index (χ2n) is 6.43. The molecule has 1 unspecified atom stereocenters. The first-order valence-electron chi connectivity index (χ1n) is 8.75. The average molecular weight is 387 g/mol. The zero-order chi connectivity index (χ0) is 19.0. The number of methoxy groups -OCH3 is 2. The van der Waals surface area contributed by atoms with Gasteiger partial charge in [0.25, 0.3) is 5.91 Å². The molecule has 0 spiro atoms. The predicted molar refractivity (Wildman–Crippen MR) is 106 cm³/mol. The lowest BCUT2D eigenvalue weighted by Crippen LogP contribution is -2.31. The maximum atomic E-state index is 12.6. The first kappa shape index (κ1) is 17.8. The Hall–Kier alpha value is -2.58. The zero-order valence-corrected chi connectivity index (χ0v) is 16.0. The SMILES string of the molecule is COc1cc2cc3c(N)c(C(=O)NCC4CCCO4)sc3nc2cc1OC. The number of ether oxygens (including phenoxy) is 3. The van der Waals surface area contributed by atoms with Crippen molar-refractivity contribution in [1.29, 1.82) is 0 Å². The average Bonchev–Trinajstić information content (AvgIpc) is 3.31. The summed E-state index contributed by atoms with van der Waals surface area (Å²) in [5.74, 6) is 1.04. The first-order valence-corrected chi connectivity index (χ1v) is 9.57. The second-order valence-corrected chi connectivity index (χ2v) is 7.43. The molecule has 0 radical (unpaired) electrons. The van der Waals surface area contributed by atoms with E-state index >= 15 is 0 Å². The molecule has 1 aromatic carbocycles. The lowest BCUT2D eigenvalue weighted by Gasteiger charge is -2.10. The predicted octanol–water partition coefficient (Wildman–Crippen LogP) is 2.96. The number of nitrogens with two attached hydrogens (primary N) is 1. The Balaban J connectivity index is 1.69. The molecule has 7 nitrogen and oxygen atoms in total. The Bertz CT molecular complexity index is 1010. The number of benzene rings is 1. The van der Waals surface area contributed by atoms with Crippen molar-refractivity contribution < 1.29 is 19.0 Å². The Kier molecular flexibility index (Phi) is 4.75. The molecule has 27 heavy (non-hydrogen) atoms. The van der Waals surface area contributed by atoms with E-state index in [2.05, 4.69) is 10.3 Å². The molecule has 4 rings (SSSR count). The number of hydrogen-bond donors (Lipinski definition) is 2. The number of anilines is 1. The number of rotatable bonds is 5. The van der Waals surface area contributed by atoms with Gasteiger partial charge in [-0.1, -0.05) is 0 Å². The molecular formula is C19H21N3O4S. The van der Waals surface area contributed by atoms with Gasteiger partial charge in [-0.05, 0) is 25.0 Å². The molecule has 0 aliphatic carbocycles. The highest BCUT2D eigenvalue weighted by Gasteiger charge is 2.21. The Morgan fingerprint density at radius 3 is 2.81 bits per heavy atom. The standard InChI is InChI=1S/C19H21N3O4S/c1-24-14-7-10-6-12-16(20)17(18(23)21-9-11-4-3-5-26-11)27-19(12)22-13(10)8-15(14)25-2/h6-8,11H,3-5,9,20H2,1-2H3,(H,21,23). The summed E-state index contributed by atoms with van der Waals surface area (Å²) >= 11 is 1.29. The van der Waals surface area contributed by atoms with E-state index in [4.69, 9.17) is 19.9 Å². The lowest BCUT2D eigenvalue weighted by atomic mass is 10.1. The summed E-state index contributed by atoms with van der Waals surface area (Å²) in [6.45, 7) is 1.26. The number of fused-ring (bicyclic) bond motifs is 2. The van der Waals surface area contributed by atoms with Crippen molar-refractivity contribution in [2.75, 3.05) is 33.1 Å². The fourth-order valence-corrected chi connectivity index (χ4v) is 4.29. The van der Waals surface area contributed by atoms with Gasteiger partial charge in [-0.15, -0.1) is 11.3 Å². The van der Waals surface area contributed by atoms with Crippen LogP contribution in [-0.2, 0) is 4.74 Å². The minimum absolute atomic E-state index is 0.0881. The minimum Gasteiger partial charge on any atom is -0.493 e. The molecule has 142 valence electrons. The molecule has 3 heterocycles. The zero-order valence-electron chi connectivity index (χ0n) is 15.2.